The van der Waals surface area contributed by atoms with Gasteiger partial charge in [-0.2, -0.15) is 0 Å². The summed E-state index contributed by atoms with van der Waals surface area (Å²) in [5.74, 6) is -0.632. The number of hydrogen-bond acceptors (Lipinski definition) is 4. The number of rotatable bonds is 7. The Morgan fingerprint density at radius 3 is 2.63 bits per heavy atom. The number of piperidine rings is 1. The Morgan fingerprint density at radius 1 is 1.23 bits per heavy atom. The smallest absolute Gasteiger partial charge is 0.335 e. The Labute approximate surface area is 203 Å². The van der Waals surface area contributed by atoms with Crippen molar-refractivity contribution in [2.75, 3.05) is 26.7 Å². The molecule has 1 aromatic heterocycles. The van der Waals surface area contributed by atoms with Crippen molar-refractivity contribution in [1.29, 1.82) is 0 Å². The van der Waals surface area contributed by atoms with Crippen molar-refractivity contribution in [3.8, 4) is 5.75 Å². The number of aryl methyl sites for hydroxylation is 1. The Balaban J connectivity index is 1.44. The van der Waals surface area contributed by atoms with Crippen LogP contribution in [0.4, 0.5) is 8.78 Å². The van der Waals surface area contributed by atoms with E-state index in [1.807, 2.05) is 18.3 Å². The van der Waals surface area contributed by atoms with Crippen LogP contribution in [0.25, 0.3) is 10.9 Å². The van der Waals surface area contributed by atoms with E-state index in [2.05, 4.69) is 33.8 Å². The maximum Gasteiger partial charge on any atom is 0.335 e. The predicted molar refractivity (Wildman–Crippen MR) is 130 cm³/mol. The van der Waals surface area contributed by atoms with Crippen LogP contribution >= 0.6 is 0 Å². The van der Waals surface area contributed by atoms with Crippen molar-refractivity contribution in [3.63, 3.8) is 0 Å². The first-order valence-electron chi connectivity index (χ1n) is 12.1. The molecule has 3 heterocycles. The highest BCUT2D eigenvalue weighted by atomic mass is 19.3. The maximum atomic E-state index is 13.1. The van der Waals surface area contributed by atoms with Gasteiger partial charge in [0.05, 0.1) is 12.7 Å². The first-order valence-corrected chi connectivity index (χ1v) is 12.1. The second-order valence-electron chi connectivity index (χ2n) is 9.78. The van der Waals surface area contributed by atoms with E-state index in [1.54, 1.807) is 19.2 Å². The Kier molecular flexibility index (Phi) is 6.51. The number of likely N-dealkylation sites (tertiary alicyclic amines) is 2. The Hall–Kier alpha value is -2.97. The molecule has 5 rings (SSSR count). The average molecular weight is 484 g/mol. The molecule has 0 unspecified atom stereocenters. The summed E-state index contributed by atoms with van der Waals surface area (Å²) in [5.41, 5.74) is 4.63. The fourth-order valence-electron chi connectivity index (χ4n) is 5.70. The summed E-state index contributed by atoms with van der Waals surface area (Å²) in [7, 11) is 1.69. The number of ether oxygens (including phenoxy) is 1. The third-order valence-electron chi connectivity index (χ3n) is 7.73. The molecular weight excluding hydrogens is 452 g/mol. The summed E-state index contributed by atoms with van der Waals surface area (Å²) in [5, 5.41) is 10.5. The van der Waals surface area contributed by atoms with Crippen LogP contribution in [0, 0.1) is 12.8 Å². The third kappa shape index (κ3) is 4.52. The van der Waals surface area contributed by atoms with Crippen molar-refractivity contribution in [3.05, 3.63) is 64.8 Å². The van der Waals surface area contributed by atoms with Gasteiger partial charge in [0.2, 0.25) is 6.43 Å². The van der Waals surface area contributed by atoms with Gasteiger partial charge in [0, 0.05) is 66.8 Å². The van der Waals surface area contributed by atoms with Crippen LogP contribution in [0.1, 0.15) is 45.9 Å². The van der Waals surface area contributed by atoms with Crippen LogP contribution in [0.5, 0.6) is 5.75 Å². The number of carboxylic acids is 1. The molecule has 8 heteroatoms. The van der Waals surface area contributed by atoms with Crippen LogP contribution in [-0.2, 0) is 6.54 Å². The van der Waals surface area contributed by atoms with Gasteiger partial charge in [0.1, 0.15) is 5.75 Å². The van der Waals surface area contributed by atoms with E-state index in [4.69, 9.17) is 4.74 Å². The van der Waals surface area contributed by atoms with Crippen LogP contribution in [0.15, 0.2) is 42.6 Å². The minimum absolute atomic E-state index is 0.0437. The van der Waals surface area contributed by atoms with E-state index < -0.39 is 18.3 Å². The van der Waals surface area contributed by atoms with E-state index in [-0.39, 0.29) is 17.6 Å². The zero-order valence-electron chi connectivity index (χ0n) is 20.0. The van der Waals surface area contributed by atoms with Crippen molar-refractivity contribution < 1.29 is 23.4 Å². The number of alkyl halides is 2. The summed E-state index contributed by atoms with van der Waals surface area (Å²) in [6.07, 6.45) is 1.40. The summed E-state index contributed by atoms with van der Waals surface area (Å²) in [6.45, 7) is 4.44. The van der Waals surface area contributed by atoms with Gasteiger partial charge in [-0.05, 0) is 55.2 Å². The highest BCUT2D eigenvalue weighted by Crippen LogP contribution is 2.40. The molecule has 2 aromatic carbocycles. The predicted octanol–water partition coefficient (Wildman–Crippen LogP) is 5.09. The number of nitrogens with one attached hydrogen (secondary N) is 1. The Bertz CT molecular complexity index is 1200. The van der Waals surface area contributed by atoms with Crippen molar-refractivity contribution in [2.45, 2.75) is 44.8 Å². The lowest BCUT2D eigenvalue weighted by molar-refractivity contribution is -0.0629. The molecule has 0 radical (unpaired) electrons. The maximum absolute atomic E-state index is 13.1. The highest BCUT2D eigenvalue weighted by molar-refractivity contribution is 5.88. The summed E-state index contributed by atoms with van der Waals surface area (Å²) in [4.78, 5) is 19.3. The molecular formula is C27H31F2N3O3. The lowest BCUT2D eigenvalue weighted by Crippen LogP contribution is -2.57. The van der Waals surface area contributed by atoms with Gasteiger partial charge in [0.25, 0.3) is 0 Å². The van der Waals surface area contributed by atoms with Gasteiger partial charge in [-0.25, -0.2) is 13.6 Å². The van der Waals surface area contributed by atoms with Gasteiger partial charge in [-0.3, -0.25) is 9.80 Å². The third-order valence-corrected chi connectivity index (χ3v) is 7.73. The van der Waals surface area contributed by atoms with Gasteiger partial charge in [-0.15, -0.1) is 0 Å². The molecule has 0 spiro atoms. The molecule has 6 nitrogen and oxygen atoms in total. The molecule has 186 valence electrons. The highest BCUT2D eigenvalue weighted by Gasteiger charge is 2.41. The minimum atomic E-state index is -2.26. The summed E-state index contributed by atoms with van der Waals surface area (Å²) in [6, 6.07) is 11.5. The number of carboxylic acid groups (broad SMARTS) is 1. The normalized spacial score (nSPS) is 22.0. The number of aromatic nitrogens is 1. The van der Waals surface area contributed by atoms with Crippen molar-refractivity contribution >= 4 is 16.9 Å². The van der Waals surface area contributed by atoms with Crippen LogP contribution in [0.2, 0.25) is 0 Å². The van der Waals surface area contributed by atoms with E-state index in [1.165, 1.54) is 0 Å². The number of aromatic carboxylic acids is 1. The minimum Gasteiger partial charge on any atom is -0.496 e. The largest absolute Gasteiger partial charge is 0.496 e. The molecule has 0 amide bonds. The second-order valence-corrected chi connectivity index (χ2v) is 9.78. The molecule has 0 aliphatic carbocycles. The molecule has 2 fully saturated rings. The number of H-pyrrole nitrogens is 1. The standard InChI is InChI=1S/C27H31F2N3O3/c1-16-11-24(35-2)22(21-7-9-30-25(16)21)15-31-10-8-20(32-13-19(14-32)26(28)29)12-23(31)17-3-5-18(6-4-17)27(33)34/h3-7,9,11,19-20,23,26,30H,8,10,12-15H2,1-2H3,(H,33,34)/t20-,23+/m0/s1. The topological polar surface area (TPSA) is 68.8 Å². The second kappa shape index (κ2) is 9.59. The molecule has 35 heavy (non-hydrogen) atoms. The number of fused-ring (bicyclic) bond motifs is 1. The van der Waals surface area contributed by atoms with Crippen LogP contribution in [0.3, 0.4) is 0 Å². The van der Waals surface area contributed by atoms with Crippen molar-refractivity contribution in [2.24, 2.45) is 5.92 Å². The molecule has 0 saturated carbocycles. The average Bonchev–Trinajstić information content (AvgIpc) is 3.31. The SMILES string of the molecule is COc1cc(C)c2[nH]ccc2c1CN1CC[C@H](N2CC(C(F)F)C2)C[C@@H]1c1ccc(C(=O)O)cc1. The number of carbonyl (C=O) groups is 1. The molecule has 2 aliphatic rings. The number of benzene rings is 2. The quantitative estimate of drug-likeness (QED) is 0.490. The molecule has 3 aromatic rings. The van der Waals surface area contributed by atoms with E-state index >= 15 is 0 Å². The number of halogens is 2. The zero-order valence-corrected chi connectivity index (χ0v) is 20.0. The van der Waals surface area contributed by atoms with Gasteiger partial charge in [0.15, 0.2) is 0 Å². The number of methoxy groups -OCH3 is 1. The number of aromatic amines is 1. The molecule has 2 atom stereocenters. The fraction of sp³-hybridized carbons (Fsp3) is 0.444. The molecule has 2 aliphatic heterocycles. The lowest BCUT2D eigenvalue weighted by Gasteiger charge is -2.49. The Morgan fingerprint density at radius 2 is 1.97 bits per heavy atom. The molecule has 0 bridgehead atoms. The molecule has 2 N–H and O–H groups in total. The summed E-state index contributed by atoms with van der Waals surface area (Å²) < 4.78 is 31.9. The van der Waals surface area contributed by atoms with E-state index in [9.17, 15) is 18.7 Å². The monoisotopic (exact) mass is 483 g/mol. The molecule has 2 saturated heterocycles. The number of hydrogen-bond donors (Lipinski definition) is 2. The van der Waals surface area contributed by atoms with Gasteiger partial charge in [-0.1, -0.05) is 12.1 Å². The van der Waals surface area contributed by atoms with Crippen molar-refractivity contribution in [1.82, 2.24) is 14.8 Å². The van der Waals surface area contributed by atoms with E-state index in [0.29, 0.717) is 19.6 Å². The zero-order chi connectivity index (χ0) is 24.7. The van der Waals surface area contributed by atoms with Gasteiger partial charge < -0.3 is 14.8 Å². The lowest BCUT2D eigenvalue weighted by atomic mass is 9.86. The van der Waals surface area contributed by atoms with Crippen LogP contribution < -0.4 is 4.74 Å². The van der Waals surface area contributed by atoms with Gasteiger partial charge >= 0.3 is 5.97 Å². The summed E-state index contributed by atoms with van der Waals surface area (Å²) >= 11 is 0. The first kappa shape index (κ1) is 23.8. The first-order chi connectivity index (χ1) is 16.9. The number of nitrogens with zero attached hydrogens (tertiary/aromatic N) is 2. The fourth-order valence-corrected chi connectivity index (χ4v) is 5.70. The van der Waals surface area contributed by atoms with E-state index in [0.717, 1.165) is 52.7 Å². The van der Waals surface area contributed by atoms with Crippen LogP contribution in [-0.4, -0.2) is 65.1 Å².